The molecule has 0 aromatic heterocycles. The van der Waals surface area contributed by atoms with Crippen molar-refractivity contribution >= 4 is 11.6 Å². The van der Waals surface area contributed by atoms with Gasteiger partial charge in [0.05, 0.1) is 7.11 Å². The molecule has 1 heterocycles. The van der Waals surface area contributed by atoms with Crippen LogP contribution in [-0.2, 0) is 11.2 Å². The van der Waals surface area contributed by atoms with E-state index in [2.05, 4.69) is 36.5 Å². The van der Waals surface area contributed by atoms with Crippen LogP contribution in [0.5, 0.6) is 5.75 Å². The van der Waals surface area contributed by atoms with E-state index in [1.54, 1.807) is 14.0 Å². The molecule has 4 nitrogen and oxygen atoms in total. The van der Waals surface area contributed by atoms with Crippen LogP contribution in [-0.4, -0.2) is 26.6 Å². The molecule has 0 aliphatic carbocycles. The number of ether oxygens (including phenoxy) is 1. The van der Waals surface area contributed by atoms with Crippen molar-refractivity contribution in [1.82, 2.24) is 5.32 Å². The second-order valence-electron chi connectivity index (χ2n) is 6.23. The molecule has 0 bridgehead atoms. The number of nitrogens with one attached hydrogen (secondary N) is 1. The number of methoxy groups -OCH3 is 1. The first-order chi connectivity index (χ1) is 11.5. The third-order valence-corrected chi connectivity index (χ3v) is 4.82. The lowest BCUT2D eigenvalue weighted by Gasteiger charge is -2.17. The molecular formula is C20H24N2O2. The molecule has 0 saturated carbocycles. The summed E-state index contributed by atoms with van der Waals surface area (Å²) in [7, 11) is 3.66. The predicted octanol–water partition coefficient (Wildman–Crippen LogP) is 3.55. The highest BCUT2D eigenvalue weighted by Crippen LogP contribution is 2.37. The van der Waals surface area contributed by atoms with E-state index in [4.69, 9.17) is 4.74 Å². The maximum Gasteiger partial charge on any atom is 0.223 e. The van der Waals surface area contributed by atoms with Gasteiger partial charge in [-0.1, -0.05) is 12.1 Å². The molecule has 4 heteroatoms. The summed E-state index contributed by atoms with van der Waals surface area (Å²) >= 11 is 0. The van der Waals surface area contributed by atoms with Crippen LogP contribution in [0.3, 0.4) is 0 Å². The fourth-order valence-electron chi connectivity index (χ4n) is 3.28. The Hall–Kier alpha value is -2.33. The Labute approximate surface area is 143 Å². The van der Waals surface area contributed by atoms with Gasteiger partial charge in [-0.15, -0.1) is 0 Å². The summed E-state index contributed by atoms with van der Waals surface area (Å²) in [6.07, 6.45) is 0.900. The molecule has 0 saturated heterocycles. The third kappa shape index (κ3) is 2.89. The van der Waals surface area contributed by atoms with Crippen LogP contribution in [0.25, 0.3) is 11.1 Å². The number of hydrogen-bond donors (Lipinski definition) is 1. The van der Waals surface area contributed by atoms with Gasteiger partial charge in [-0.05, 0) is 61.3 Å². The van der Waals surface area contributed by atoms with Crippen molar-refractivity contribution in [1.29, 1.82) is 0 Å². The van der Waals surface area contributed by atoms with Gasteiger partial charge in [-0.25, -0.2) is 0 Å². The topological polar surface area (TPSA) is 41.6 Å². The second kappa shape index (κ2) is 6.65. The Balaban J connectivity index is 2.04. The predicted molar refractivity (Wildman–Crippen MR) is 97.6 cm³/mol. The molecule has 0 radical (unpaired) electrons. The highest BCUT2D eigenvalue weighted by molar-refractivity contribution is 5.94. The number of anilines is 1. The van der Waals surface area contributed by atoms with E-state index in [0.29, 0.717) is 0 Å². The molecule has 1 atom stereocenters. The summed E-state index contributed by atoms with van der Waals surface area (Å²) in [5.74, 6) is 0.965. The van der Waals surface area contributed by atoms with Gasteiger partial charge < -0.3 is 15.0 Å². The van der Waals surface area contributed by atoms with Crippen molar-refractivity contribution in [2.75, 3.05) is 25.6 Å². The van der Waals surface area contributed by atoms with Gasteiger partial charge in [0.1, 0.15) is 5.75 Å². The van der Waals surface area contributed by atoms with Crippen molar-refractivity contribution in [3.8, 4) is 16.9 Å². The van der Waals surface area contributed by atoms with Crippen molar-refractivity contribution in [2.24, 2.45) is 0 Å². The zero-order valence-corrected chi connectivity index (χ0v) is 14.7. The van der Waals surface area contributed by atoms with E-state index in [0.717, 1.165) is 35.5 Å². The van der Waals surface area contributed by atoms with Gasteiger partial charge >= 0.3 is 0 Å². The average Bonchev–Trinajstić information content (AvgIpc) is 3.03. The molecule has 1 aliphatic rings. The smallest absolute Gasteiger partial charge is 0.223 e. The molecule has 2 aromatic rings. The van der Waals surface area contributed by atoms with Crippen molar-refractivity contribution in [3.05, 3.63) is 47.5 Å². The molecule has 0 fully saturated rings. The van der Waals surface area contributed by atoms with E-state index in [1.165, 1.54) is 11.1 Å². The van der Waals surface area contributed by atoms with Gasteiger partial charge in [0.2, 0.25) is 5.91 Å². The fraction of sp³-hybridized carbons (Fsp3) is 0.350. The highest BCUT2D eigenvalue weighted by Gasteiger charge is 2.23. The van der Waals surface area contributed by atoms with Gasteiger partial charge in [0.25, 0.3) is 0 Å². The lowest BCUT2D eigenvalue weighted by molar-refractivity contribution is -0.116. The Kier molecular flexibility index (Phi) is 4.58. The molecule has 1 unspecified atom stereocenters. The minimum atomic E-state index is 0.101. The van der Waals surface area contributed by atoms with Gasteiger partial charge in [-0.3, -0.25) is 4.79 Å². The number of benzene rings is 2. The van der Waals surface area contributed by atoms with Crippen molar-refractivity contribution < 1.29 is 9.53 Å². The number of nitrogens with zero attached hydrogens (tertiary/aromatic N) is 1. The lowest BCUT2D eigenvalue weighted by atomic mass is 9.97. The molecule has 1 amide bonds. The molecule has 1 aliphatic heterocycles. The quantitative estimate of drug-likeness (QED) is 0.935. The Morgan fingerprint density at radius 1 is 1.25 bits per heavy atom. The molecule has 24 heavy (non-hydrogen) atoms. The number of rotatable bonds is 4. The van der Waals surface area contributed by atoms with Gasteiger partial charge in [0, 0.05) is 30.8 Å². The summed E-state index contributed by atoms with van der Waals surface area (Å²) in [6.45, 7) is 4.52. The van der Waals surface area contributed by atoms with Gasteiger partial charge in [0.15, 0.2) is 0 Å². The van der Waals surface area contributed by atoms with E-state index >= 15 is 0 Å². The third-order valence-electron chi connectivity index (χ3n) is 4.82. The van der Waals surface area contributed by atoms with Crippen LogP contribution in [0.15, 0.2) is 36.4 Å². The lowest BCUT2D eigenvalue weighted by Crippen LogP contribution is -2.25. The number of hydrogen-bond acceptors (Lipinski definition) is 3. The van der Waals surface area contributed by atoms with E-state index in [9.17, 15) is 4.79 Å². The molecule has 0 spiro atoms. The van der Waals surface area contributed by atoms with Crippen LogP contribution in [0.2, 0.25) is 0 Å². The van der Waals surface area contributed by atoms with E-state index in [-0.39, 0.29) is 11.9 Å². The second-order valence-corrected chi connectivity index (χ2v) is 6.23. The summed E-state index contributed by atoms with van der Waals surface area (Å²) < 4.78 is 5.56. The minimum absolute atomic E-state index is 0.101. The number of amides is 1. The normalized spacial score (nSPS) is 14.4. The van der Waals surface area contributed by atoms with Gasteiger partial charge in [-0.2, -0.15) is 0 Å². The first kappa shape index (κ1) is 16.5. The fourth-order valence-corrected chi connectivity index (χ4v) is 3.28. The monoisotopic (exact) mass is 324 g/mol. The maximum atomic E-state index is 11.7. The standard InChI is InChI=1S/C20H24N2O2/c1-13(21-3)15-6-8-20(24-4)18(12-15)16-5-7-19-17(11-16)9-10-22(19)14(2)23/h5-8,11-13,21H,9-10H2,1-4H3. The Morgan fingerprint density at radius 3 is 2.71 bits per heavy atom. The van der Waals surface area contributed by atoms with Crippen LogP contribution >= 0.6 is 0 Å². The Morgan fingerprint density at radius 2 is 2.04 bits per heavy atom. The number of fused-ring (bicyclic) bond motifs is 1. The first-order valence-corrected chi connectivity index (χ1v) is 8.31. The average molecular weight is 324 g/mol. The highest BCUT2D eigenvalue weighted by atomic mass is 16.5. The number of carbonyl (C=O) groups excluding carboxylic acids is 1. The molecule has 1 N–H and O–H groups in total. The van der Waals surface area contributed by atoms with Crippen LogP contribution < -0.4 is 15.0 Å². The summed E-state index contributed by atoms with van der Waals surface area (Å²) in [4.78, 5) is 13.6. The van der Waals surface area contributed by atoms with E-state index < -0.39 is 0 Å². The van der Waals surface area contributed by atoms with Crippen LogP contribution in [0, 0.1) is 0 Å². The number of carbonyl (C=O) groups is 1. The largest absolute Gasteiger partial charge is 0.496 e. The summed E-state index contributed by atoms with van der Waals surface area (Å²) in [5, 5.41) is 3.27. The zero-order valence-electron chi connectivity index (χ0n) is 14.7. The first-order valence-electron chi connectivity index (χ1n) is 8.31. The zero-order chi connectivity index (χ0) is 17.3. The summed E-state index contributed by atoms with van der Waals surface area (Å²) in [5.41, 5.74) is 5.68. The maximum absolute atomic E-state index is 11.7. The summed E-state index contributed by atoms with van der Waals surface area (Å²) in [6, 6.07) is 12.9. The SMILES string of the molecule is CNC(C)c1ccc(OC)c(-c2ccc3c(c2)CCN3C(C)=O)c1. The van der Waals surface area contributed by atoms with Crippen molar-refractivity contribution in [3.63, 3.8) is 0 Å². The minimum Gasteiger partial charge on any atom is -0.496 e. The molecule has 3 rings (SSSR count). The van der Waals surface area contributed by atoms with Crippen LogP contribution in [0.1, 0.15) is 31.0 Å². The van der Waals surface area contributed by atoms with Crippen molar-refractivity contribution in [2.45, 2.75) is 26.3 Å². The molecule has 2 aromatic carbocycles. The van der Waals surface area contributed by atoms with E-state index in [1.807, 2.05) is 24.1 Å². The van der Waals surface area contributed by atoms with Crippen LogP contribution in [0.4, 0.5) is 5.69 Å². The molecular weight excluding hydrogens is 300 g/mol. The Bertz CT molecular complexity index is 770. The molecule has 126 valence electrons.